The minimum Gasteiger partial charge on any atom is -0.330 e. The van der Waals surface area contributed by atoms with Crippen LogP contribution < -0.4 is 11.1 Å². The number of carbonyl (C=O) groups excluding carboxylic acids is 1. The Morgan fingerprint density at radius 1 is 1.30 bits per heavy atom. The van der Waals surface area contributed by atoms with E-state index in [0.717, 1.165) is 10.8 Å². The molecule has 0 aliphatic rings. The average molecular weight is 308 g/mol. The van der Waals surface area contributed by atoms with E-state index in [9.17, 15) is 4.79 Å². The van der Waals surface area contributed by atoms with Crippen molar-refractivity contribution in [2.75, 3.05) is 17.6 Å². The van der Waals surface area contributed by atoms with Crippen LogP contribution >= 0.6 is 23.1 Å². The SMILES string of the molecule is NCCc1nnc(NC(=O)CCSc2ccccc2)s1. The van der Waals surface area contributed by atoms with E-state index < -0.39 is 0 Å². The smallest absolute Gasteiger partial charge is 0.227 e. The molecule has 0 aliphatic heterocycles. The quantitative estimate of drug-likeness (QED) is 0.766. The molecule has 1 amide bonds. The molecule has 2 aromatic rings. The first kappa shape index (κ1) is 15.0. The molecule has 0 saturated heterocycles. The number of carbonyl (C=O) groups is 1. The van der Waals surface area contributed by atoms with Crippen molar-refractivity contribution in [3.8, 4) is 0 Å². The Labute approximate surface area is 126 Å². The van der Waals surface area contributed by atoms with Crippen LogP contribution in [-0.4, -0.2) is 28.4 Å². The third kappa shape index (κ3) is 4.92. The van der Waals surface area contributed by atoms with Gasteiger partial charge in [0.25, 0.3) is 0 Å². The molecule has 0 fully saturated rings. The van der Waals surface area contributed by atoms with Crippen molar-refractivity contribution in [1.82, 2.24) is 10.2 Å². The van der Waals surface area contributed by atoms with Crippen molar-refractivity contribution in [3.63, 3.8) is 0 Å². The molecule has 0 bridgehead atoms. The summed E-state index contributed by atoms with van der Waals surface area (Å²) in [6.45, 7) is 0.538. The fourth-order valence-electron chi connectivity index (χ4n) is 1.49. The third-order valence-corrected chi connectivity index (χ3v) is 4.32. The van der Waals surface area contributed by atoms with Gasteiger partial charge in [-0.25, -0.2) is 0 Å². The van der Waals surface area contributed by atoms with E-state index in [4.69, 9.17) is 5.73 Å². The predicted octanol–water partition coefficient (Wildman–Crippen LogP) is 2.16. The molecule has 5 nitrogen and oxygen atoms in total. The fraction of sp³-hybridized carbons (Fsp3) is 0.308. The average Bonchev–Trinajstić information content (AvgIpc) is 2.88. The Morgan fingerprint density at radius 2 is 2.10 bits per heavy atom. The lowest BCUT2D eigenvalue weighted by Gasteiger charge is -2.01. The highest BCUT2D eigenvalue weighted by molar-refractivity contribution is 7.99. The number of hydrogen-bond donors (Lipinski definition) is 2. The van der Waals surface area contributed by atoms with Crippen LogP contribution in [0.2, 0.25) is 0 Å². The van der Waals surface area contributed by atoms with Crippen LogP contribution in [0.1, 0.15) is 11.4 Å². The Balaban J connectivity index is 1.72. The van der Waals surface area contributed by atoms with Gasteiger partial charge >= 0.3 is 0 Å². The van der Waals surface area contributed by atoms with Gasteiger partial charge in [-0.3, -0.25) is 4.79 Å². The number of nitrogens with one attached hydrogen (secondary N) is 1. The second-order valence-electron chi connectivity index (χ2n) is 4.00. The molecule has 2 rings (SSSR count). The summed E-state index contributed by atoms with van der Waals surface area (Å²) in [5.41, 5.74) is 5.44. The molecule has 0 atom stereocenters. The van der Waals surface area contributed by atoms with E-state index in [0.29, 0.717) is 24.5 Å². The highest BCUT2D eigenvalue weighted by Gasteiger charge is 2.07. The van der Waals surface area contributed by atoms with E-state index in [1.165, 1.54) is 16.2 Å². The highest BCUT2D eigenvalue weighted by Crippen LogP contribution is 2.19. The summed E-state index contributed by atoms with van der Waals surface area (Å²) in [5, 5.41) is 12.0. The van der Waals surface area contributed by atoms with E-state index in [1.54, 1.807) is 11.8 Å². The standard InChI is InChI=1S/C13H16N4OS2/c14-8-6-12-16-17-13(20-12)15-11(18)7-9-19-10-4-2-1-3-5-10/h1-5H,6-9,14H2,(H,15,17,18). The number of hydrogen-bond acceptors (Lipinski definition) is 6. The maximum atomic E-state index is 11.8. The first-order valence-corrected chi connectivity index (χ1v) is 8.08. The number of thioether (sulfide) groups is 1. The Morgan fingerprint density at radius 3 is 2.85 bits per heavy atom. The maximum Gasteiger partial charge on any atom is 0.227 e. The summed E-state index contributed by atoms with van der Waals surface area (Å²) in [7, 11) is 0. The van der Waals surface area contributed by atoms with Gasteiger partial charge in [-0.2, -0.15) is 0 Å². The molecule has 1 aromatic carbocycles. The summed E-state index contributed by atoms with van der Waals surface area (Å²) in [4.78, 5) is 12.9. The molecule has 0 saturated carbocycles. The summed E-state index contributed by atoms with van der Waals surface area (Å²) in [5.74, 6) is 0.702. The van der Waals surface area contributed by atoms with Crippen LogP contribution in [-0.2, 0) is 11.2 Å². The van der Waals surface area contributed by atoms with E-state index in [2.05, 4.69) is 15.5 Å². The van der Waals surface area contributed by atoms with Crippen molar-refractivity contribution < 1.29 is 4.79 Å². The molecule has 1 aromatic heterocycles. The van der Waals surface area contributed by atoms with Gasteiger partial charge in [0.1, 0.15) is 5.01 Å². The van der Waals surface area contributed by atoms with Crippen LogP contribution in [0, 0.1) is 0 Å². The monoisotopic (exact) mass is 308 g/mol. The lowest BCUT2D eigenvalue weighted by Crippen LogP contribution is -2.11. The third-order valence-electron chi connectivity index (χ3n) is 2.41. The fourth-order valence-corrected chi connectivity index (χ4v) is 3.13. The molecule has 0 unspecified atom stereocenters. The number of aromatic nitrogens is 2. The van der Waals surface area contributed by atoms with Gasteiger partial charge in [0, 0.05) is 23.5 Å². The largest absolute Gasteiger partial charge is 0.330 e. The molecule has 0 spiro atoms. The molecular weight excluding hydrogens is 292 g/mol. The Kier molecular flexibility index (Phi) is 5.97. The maximum absolute atomic E-state index is 11.8. The van der Waals surface area contributed by atoms with Crippen LogP contribution in [0.4, 0.5) is 5.13 Å². The summed E-state index contributed by atoms with van der Waals surface area (Å²) in [6, 6.07) is 10.0. The lowest BCUT2D eigenvalue weighted by molar-refractivity contribution is -0.115. The molecule has 3 N–H and O–H groups in total. The molecule has 0 aliphatic carbocycles. The molecule has 1 heterocycles. The molecular formula is C13H16N4OS2. The Hall–Kier alpha value is -1.44. The highest BCUT2D eigenvalue weighted by atomic mass is 32.2. The molecule has 0 radical (unpaired) electrons. The molecule has 20 heavy (non-hydrogen) atoms. The predicted molar refractivity (Wildman–Crippen MR) is 83.1 cm³/mol. The zero-order chi connectivity index (χ0) is 14.2. The van der Waals surface area contributed by atoms with Gasteiger partial charge in [-0.15, -0.1) is 22.0 Å². The lowest BCUT2D eigenvalue weighted by atomic mass is 10.4. The molecule has 7 heteroatoms. The normalized spacial score (nSPS) is 10.4. The van der Waals surface area contributed by atoms with E-state index in [-0.39, 0.29) is 5.91 Å². The van der Waals surface area contributed by atoms with Gasteiger partial charge in [0.05, 0.1) is 0 Å². The summed E-state index contributed by atoms with van der Waals surface area (Å²) in [6.07, 6.45) is 1.14. The van der Waals surface area contributed by atoms with E-state index >= 15 is 0 Å². The van der Waals surface area contributed by atoms with Crippen LogP contribution in [0.25, 0.3) is 0 Å². The minimum absolute atomic E-state index is 0.0381. The van der Waals surface area contributed by atoms with Crippen molar-refractivity contribution >= 4 is 34.1 Å². The second kappa shape index (κ2) is 7.98. The zero-order valence-corrected chi connectivity index (χ0v) is 12.5. The van der Waals surface area contributed by atoms with Gasteiger partial charge in [-0.1, -0.05) is 29.5 Å². The minimum atomic E-state index is -0.0381. The van der Waals surface area contributed by atoms with Crippen LogP contribution in [0.5, 0.6) is 0 Å². The topological polar surface area (TPSA) is 80.9 Å². The van der Waals surface area contributed by atoms with Crippen molar-refractivity contribution in [1.29, 1.82) is 0 Å². The zero-order valence-electron chi connectivity index (χ0n) is 10.9. The van der Waals surface area contributed by atoms with Gasteiger partial charge < -0.3 is 11.1 Å². The number of amides is 1. The molecule has 106 valence electrons. The van der Waals surface area contributed by atoms with Crippen LogP contribution in [0.3, 0.4) is 0 Å². The summed E-state index contributed by atoms with van der Waals surface area (Å²) >= 11 is 3.04. The van der Waals surface area contributed by atoms with Gasteiger partial charge in [0.15, 0.2) is 0 Å². The first-order valence-electron chi connectivity index (χ1n) is 6.28. The van der Waals surface area contributed by atoms with Crippen LogP contribution in [0.15, 0.2) is 35.2 Å². The number of nitrogens with zero attached hydrogens (tertiary/aromatic N) is 2. The van der Waals surface area contributed by atoms with Crippen molar-refractivity contribution in [2.24, 2.45) is 5.73 Å². The van der Waals surface area contributed by atoms with Crippen molar-refractivity contribution in [2.45, 2.75) is 17.7 Å². The van der Waals surface area contributed by atoms with Gasteiger partial charge in [0.2, 0.25) is 11.0 Å². The number of nitrogens with two attached hydrogens (primary N) is 1. The van der Waals surface area contributed by atoms with Gasteiger partial charge in [-0.05, 0) is 18.7 Å². The van der Waals surface area contributed by atoms with E-state index in [1.807, 2.05) is 30.3 Å². The first-order chi connectivity index (χ1) is 9.78. The summed E-state index contributed by atoms with van der Waals surface area (Å²) < 4.78 is 0. The Bertz CT molecular complexity index is 544. The number of rotatable bonds is 7. The van der Waals surface area contributed by atoms with Crippen molar-refractivity contribution in [3.05, 3.63) is 35.3 Å². The second-order valence-corrected chi connectivity index (χ2v) is 6.23. The number of benzene rings is 1. The number of anilines is 1.